The molecule has 2 aromatic rings. The quantitative estimate of drug-likeness (QED) is 0.162. The summed E-state index contributed by atoms with van der Waals surface area (Å²) < 4.78 is 0. The highest BCUT2D eigenvalue weighted by Crippen LogP contribution is 2.19. The van der Waals surface area contributed by atoms with Crippen molar-refractivity contribution in [2.45, 2.75) is 50.4 Å². The number of nitrogens with one attached hydrogen (secondary N) is 4. The second-order valence-corrected chi connectivity index (χ2v) is 7.98. The summed E-state index contributed by atoms with van der Waals surface area (Å²) in [5.74, 6) is -5.05. The molecule has 2 rings (SSSR count). The molecule has 0 fully saturated rings. The second-order valence-electron chi connectivity index (χ2n) is 7.98. The number of carbonyl (C=O) groups is 5. The van der Waals surface area contributed by atoms with E-state index in [9.17, 15) is 29.1 Å². The number of benzene rings is 1. The number of aliphatic carboxylic acids is 2. The van der Waals surface area contributed by atoms with Crippen LogP contribution in [0.5, 0.6) is 0 Å². The predicted octanol–water partition coefficient (Wildman–Crippen LogP) is -1.55. The maximum atomic E-state index is 12.9. The number of carboxylic acid groups (broad SMARTS) is 2. The molecule has 35 heavy (non-hydrogen) atoms. The van der Waals surface area contributed by atoms with Crippen LogP contribution in [0.15, 0.2) is 30.5 Å². The van der Waals surface area contributed by atoms with E-state index in [1.807, 2.05) is 12.1 Å². The summed E-state index contributed by atoms with van der Waals surface area (Å²) in [5, 5.41) is 35.3. The van der Waals surface area contributed by atoms with Gasteiger partial charge in [0.1, 0.15) is 24.2 Å². The molecule has 0 bridgehead atoms. The molecule has 190 valence electrons. The number of rotatable bonds is 13. The van der Waals surface area contributed by atoms with Crippen molar-refractivity contribution in [3.8, 4) is 0 Å². The Labute approximate surface area is 200 Å². The number of para-hydroxylation sites is 1. The minimum absolute atomic E-state index is 0.0593. The average Bonchev–Trinajstić information content (AvgIpc) is 3.22. The zero-order valence-electron chi connectivity index (χ0n) is 19.0. The van der Waals surface area contributed by atoms with Crippen LogP contribution in [0.1, 0.15) is 25.3 Å². The molecular formula is C22H29N5O8. The summed E-state index contributed by atoms with van der Waals surface area (Å²) in [7, 11) is 0. The van der Waals surface area contributed by atoms with Gasteiger partial charge in [0, 0.05) is 29.9 Å². The van der Waals surface area contributed by atoms with E-state index in [2.05, 4.69) is 20.9 Å². The van der Waals surface area contributed by atoms with Crippen LogP contribution >= 0.6 is 0 Å². The molecule has 0 aliphatic carbocycles. The Kier molecular flexibility index (Phi) is 9.73. The number of hydrogen-bond donors (Lipinski definition) is 8. The molecule has 13 heteroatoms. The number of amides is 3. The van der Waals surface area contributed by atoms with Crippen molar-refractivity contribution in [2.24, 2.45) is 5.73 Å². The van der Waals surface area contributed by atoms with Gasteiger partial charge < -0.3 is 42.0 Å². The number of H-pyrrole nitrogens is 1. The molecule has 3 amide bonds. The van der Waals surface area contributed by atoms with Gasteiger partial charge >= 0.3 is 11.9 Å². The lowest BCUT2D eigenvalue weighted by atomic mass is 10.0. The first-order valence-corrected chi connectivity index (χ1v) is 10.8. The van der Waals surface area contributed by atoms with Gasteiger partial charge in [-0.1, -0.05) is 18.2 Å². The Hall–Kier alpha value is -3.97. The smallest absolute Gasteiger partial charge is 0.326 e. The number of aromatic amines is 1. The van der Waals surface area contributed by atoms with Crippen LogP contribution in [0.3, 0.4) is 0 Å². The third-order valence-corrected chi connectivity index (χ3v) is 5.28. The van der Waals surface area contributed by atoms with Crippen LogP contribution in [0.25, 0.3) is 10.9 Å². The average molecular weight is 492 g/mol. The van der Waals surface area contributed by atoms with Gasteiger partial charge in [0.25, 0.3) is 0 Å². The summed E-state index contributed by atoms with van der Waals surface area (Å²) >= 11 is 0. The van der Waals surface area contributed by atoms with Gasteiger partial charge in [-0.05, 0) is 25.0 Å². The van der Waals surface area contributed by atoms with E-state index in [0.29, 0.717) is 5.56 Å². The minimum Gasteiger partial charge on any atom is -0.481 e. The van der Waals surface area contributed by atoms with Gasteiger partial charge in [0.2, 0.25) is 17.7 Å². The van der Waals surface area contributed by atoms with Crippen LogP contribution in [0, 0.1) is 0 Å². The van der Waals surface area contributed by atoms with Gasteiger partial charge in [-0.2, -0.15) is 0 Å². The van der Waals surface area contributed by atoms with Crippen molar-refractivity contribution in [1.29, 1.82) is 0 Å². The normalized spacial score (nSPS) is 14.4. The van der Waals surface area contributed by atoms with E-state index in [4.69, 9.17) is 15.9 Å². The van der Waals surface area contributed by atoms with Gasteiger partial charge in [-0.25, -0.2) is 4.79 Å². The van der Waals surface area contributed by atoms with Crippen molar-refractivity contribution in [2.75, 3.05) is 6.61 Å². The van der Waals surface area contributed by atoms with E-state index in [-0.39, 0.29) is 12.8 Å². The monoisotopic (exact) mass is 491 g/mol. The minimum atomic E-state index is -1.38. The molecule has 9 N–H and O–H groups in total. The van der Waals surface area contributed by atoms with E-state index in [1.54, 1.807) is 18.3 Å². The number of aliphatic hydroxyl groups is 1. The summed E-state index contributed by atoms with van der Waals surface area (Å²) in [5.41, 5.74) is 6.83. The highest BCUT2D eigenvalue weighted by atomic mass is 16.4. The molecule has 1 heterocycles. The summed E-state index contributed by atoms with van der Waals surface area (Å²) in [6.45, 7) is 0.664. The second kappa shape index (κ2) is 12.5. The molecule has 1 aromatic carbocycles. The van der Waals surface area contributed by atoms with Gasteiger partial charge in [0.15, 0.2) is 0 Å². The largest absolute Gasteiger partial charge is 0.481 e. The summed E-state index contributed by atoms with van der Waals surface area (Å²) in [4.78, 5) is 63.0. The molecule has 0 spiro atoms. The Morgan fingerprint density at radius 1 is 0.971 bits per heavy atom. The van der Waals surface area contributed by atoms with Crippen molar-refractivity contribution in [3.05, 3.63) is 36.0 Å². The Morgan fingerprint density at radius 2 is 1.63 bits per heavy atom. The van der Waals surface area contributed by atoms with Crippen molar-refractivity contribution >= 4 is 40.6 Å². The number of fused-ring (bicyclic) bond motifs is 1. The third kappa shape index (κ3) is 7.79. The van der Waals surface area contributed by atoms with Crippen LogP contribution in [0.2, 0.25) is 0 Å². The maximum absolute atomic E-state index is 12.9. The zero-order chi connectivity index (χ0) is 26.1. The van der Waals surface area contributed by atoms with Crippen LogP contribution in [-0.2, 0) is 30.4 Å². The molecular weight excluding hydrogens is 462 g/mol. The van der Waals surface area contributed by atoms with E-state index in [1.165, 1.54) is 6.92 Å². The lowest BCUT2D eigenvalue weighted by molar-refractivity contribution is -0.143. The van der Waals surface area contributed by atoms with Crippen LogP contribution in [-0.4, -0.2) is 80.7 Å². The van der Waals surface area contributed by atoms with E-state index < -0.39 is 66.9 Å². The number of nitrogens with two attached hydrogens (primary N) is 1. The van der Waals surface area contributed by atoms with Crippen molar-refractivity contribution in [3.63, 3.8) is 0 Å². The van der Waals surface area contributed by atoms with Gasteiger partial charge in [-0.3, -0.25) is 19.2 Å². The highest BCUT2D eigenvalue weighted by molar-refractivity contribution is 5.94. The van der Waals surface area contributed by atoms with Crippen molar-refractivity contribution < 1.29 is 39.3 Å². The molecule has 0 aliphatic heterocycles. The van der Waals surface area contributed by atoms with Gasteiger partial charge in [0.05, 0.1) is 6.61 Å². The topological polar surface area (TPSA) is 224 Å². The fraction of sp³-hybridized carbons (Fsp3) is 0.409. The number of aliphatic hydroxyl groups excluding tert-OH is 1. The first-order valence-electron chi connectivity index (χ1n) is 10.8. The summed E-state index contributed by atoms with van der Waals surface area (Å²) in [6.07, 6.45) is 0.784. The third-order valence-electron chi connectivity index (χ3n) is 5.28. The molecule has 4 atom stereocenters. The van der Waals surface area contributed by atoms with Crippen LogP contribution < -0.4 is 21.7 Å². The molecule has 0 aliphatic rings. The predicted molar refractivity (Wildman–Crippen MR) is 123 cm³/mol. The lowest BCUT2D eigenvalue weighted by Gasteiger charge is -2.23. The Bertz CT molecular complexity index is 1080. The number of aromatic nitrogens is 1. The molecule has 0 saturated carbocycles. The molecule has 4 unspecified atom stereocenters. The molecule has 13 nitrogen and oxygen atoms in total. The maximum Gasteiger partial charge on any atom is 0.326 e. The molecule has 0 saturated heterocycles. The first kappa shape index (κ1) is 27.3. The van der Waals surface area contributed by atoms with Gasteiger partial charge in [-0.15, -0.1) is 0 Å². The molecule has 0 radical (unpaired) electrons. The van der Waals surface area contributed by atoms with E-state index in [0.717, 1.165) is 10.9 Å². The van der Waals surface area contributed by atoms with Crippen molar-refractivity contribution in [1.82, 2.24) is 20.9 Å². The SMILES string of the molecule is CC(NC(=O)C(N)CO)C(=O)NC(CCC(=O)O)C(=O)NC(Cc1c[nH]c2ccccc12)C(=O)O. The fourth-order valence-corrected chi connectivity index (χ4v) is 3.30. The Balaban J connectivity index is 2.12. The number of carbonyl (C=O) groups excluding carboxylic acids is 3. The standard InChI is InChI=1S/C22H29N5O8/c1-11(25-20(32)14(23)10-28)19(31)26-16(6-7-18(29)30)21(33)27-17(22(34)35)8-12-9-24-15-5-3-2-4-13(12)15/h2-5,9,11,14,16-17,24,28H,6-8,10,23H2,1H3,(H,25,32)(H,26,31)(H,27,33)(H,29,30)(H,34,35). The summed E-state index contributed by atoms with van der Waals surface area (Å²) in [6, 6.07) is 2.07. The van der Waals surface area contributed by atoms with E-state index >= 15 is 0 Å². The Morgan fingerprint density at radius 3 is 2.26 bits per heavy atom. The first-order chi connectivity index (χ1) is 16.5. The number of carboxylic acids is 2. The number of hydrogen-bond acceptors (Lipinski definition) is 7. The molecule has 1 aromatic heterocycles. The zero-order valence-corrected chi connectivity index (χ0v) is 19.0. The highest BCUT2D eigenvalue weighted by Gasteiger charge is 2.29. The lowest BCUT2D eigenvalue weighted by Crippen LogP contribution is -2.56. The fourth-order valence-electron chi connectivity index (χ4n) is 3.30. The van der Waals surface area contributed by atoms with Crippen LogP contribution in [0.4, 0.5) is 0 Å².